The van der Waals surface area contributed by atoms with Crippen LogP contribution in [0.25, 0.3) is 0 Å². The number of sulfonamides is 2. The molecule has 0 heterocycles. The van der Waals surface area contributed by atoms with E-state index in [-0.39, 0.29) is 18.1 Å². The first-order chi connectivity index (χ1) is 9.49. The second kappa shape index (κ2) is 6.40. The Morgan fingerprint density at radius 1 is 1.00 bits per heavy atom. The quantitative estimate of drug-likeness (QED) is 0.645. The lowest BCUT2D eigenvalue weighted by Crippen LogP contribution is -2.31. The maximum atomic E-state index is 12.0. The summed E-state index contributed by atoms with van der Waals surface area (Å²) in [6.07, 6.45) is 0. The normalized spacial score (nSPS) is 13.2. The predicted molar refractivity (Wildman–Crippen MR) is 77.3 cm³/mol. The molecule has 0 bridgehead atoms. The van der Waals surface area contributed by atoms with Gasteiger partial charge in [-0.3, -0.25) is 0 Å². The van der Waals surface area contributed by atoms with Gasteiger partial charge in [0.2, 0.25) is 20.0 Å². The third-order valence-corrected chi connectivity index (χ3v) is 6.91. The summed E-state index contributed by atoms with van der Waals surface area (Å²) < 4.78 is 71.5. The highest BCUT2D eigenvalue weighted by atomic mass is 32.2. The fraction of sp³-hybridized carbons (Fsp3) is 0.400. The topological polar surface area (TPSA) is 140 Å². The molecule has 8 nitrogen and oxygen atoms in total. The number of benzene rings is 1. The Labute approximate surface area is 124 Å². The van der Waals surface area contributed by atoms with Gasteiger partial charge in [-0.25, -0.2) is 35.1 Å². The van der Waals surface area contributed by atoms with Crippen LogP contribution in [-0.2, 0) is 29.9 Å². The minimum absolute atomic E-state index is 0.109. The lowest BCUT2D eigenvalue weighted by molar-refractivity contribution is 0.573. The number of nitrogens with two attached hydrogens (primary N) is 1. The molecule has 0 aliphatic rings. The van der Waals surface area contributed by atoms with E-state index < -0.39 is 39.7 Å². The Kier molecular flexibility index (Phi) is 5.50. The minimum Gasteiger partial charge on any atom is -0.229 e. The summed E-state index contributed by atoms with van der Waals surface area (Å²) >= 11 is 0. The van der Waals surface area contributed by atoms with Crippen molar-refractivity contribution in [1.82, 2.24) is 4.72 Å². The first-order valence-corrected chi connectivity index (χ1v) is 10.7. The molecule has 3 N–H and O–H groups in total. The molecule has 1 aromatic rings. The van der Waals surface area contributed by atoms with Crippen LogP contribution in [0.1, 0.15) is 6.92 Å². The zero-order chi connectivity index (χ0) is 16.3. The van der Waals surface area contributed by atoms with Gasteiger partial charge in [-0.15, -0.1) is 0 Å². The average molecular weight is 356 g/mol. The zero-order valence-electron chi connectivity index (χ0n) is 11.2. The number of sulfone groups is 1. The fourth-order valence-electron chi connectivity index (χ4n) is 1.46. The SMILES string of the molecule is CCS(=O)(=O)CCNS(=O)(=O)c1ccccc1S(N)(=O)=O. The van der Waals surface area contributed by atoms with Crippen LogP contribution >= 0.6 is 0 Å². The first-order valence-electron chi connectivity index (χ1n) is 5.81. The molecule has 120 valence electrons. The molecule has 11 heteroatoms. The van der Waals surface area contributed by atoms with Crippen molar-refractivity contribution in [3.05, 3.63) is 24.3 Å². The van der Waals surface area contributed by atoms with Gasteiger partial charge >= 0.3 is 0 Å². The monoisotopic (exact) mass is 356 g/mol. The molecule has 0 aliphatic carbocycles. The van der Waals surface area contributed by atoms with Crippen LogP contribution in [0, 0.1) is 0 Å². The minimum atomic E-state index is -4.21. The van der Waals surface area contributed by atoms with Crippen LogP contribution in [0.5, 0.6) is 0 Å². The standard InChI is InChI=1S/C10H16N2O6S3/c1-2-19(13,14)8-7-12-21(17,18)10-6-4-3-5-9(10)20(11,15)16/h3-6,12H,2,7-8H2,1H3,(H2,11,15,16). The van der Waals surface area contributed by atoms with E-state index in [1.807, 2.05) is 0 Å². The van der Waals surface area contributed by atoms with Crippen LogP contribution < -0.4 is 9.86 Å². The maximum Gasteiger partial charge on any atom is 0.241 e. The third-order valence-electron chi connectivity index (χ3n) is 2.59. The molecule has 1 rings (SSSR count). The van der Waals surface area contributed by atoms with Crippen LogP contribution in [-0.4, -0.2) is 43.3 Å². The van der Waals surface area contributed by atoms with E-state index in [2.05, 4.69) is 4.72 Å². The van der Waals surface area contributed by atoms with Crippen LogP contribution in [0.15, 0.2) is 34.1 Å². The molecule has 0 unspecified atom stereocenters. The Bertz CT molecular complexity index is 812. The van der Waals surface area contributed by atoms with Gasteiger partial charge in [0.1, 0.15) is 9.79 Å². The van der Waals surface area contributed by atoms with Crippen molar-refractivity contribution >= 4 is 29.9 Å². The van der Waals surface area contributed by atoms with E-state index in [4.69, 9.17) is 5.14 Å². The van der Waals surface area contributed by atoms with Crippen molar-refractivity contribution in [3.8, 4) is 0 Å². The highest BCUT2D eigenvalue weighted by Gasteiger charge is 2.24. The second-order valence-corrected chi connectivity index (χ2v) is 9.86. The summed E-state index contributed by atoms with van der Waals surface area (Å²) in [5.41, 5.74) is 0. The maximum absolute atomic E-state index is 12.0. The van der Waals surface area contributed by atoms with Crippen LogP contribution in [0.3, 0.4) is 0 Å². The summed E-state index contributed by atoms with van der Waals surface area (Å²) in [4.78, 5) is -1.06. The summed E-state index contributed by atoms with van der Waals surface area (Å²) in [6, 6.07) is 4.81. The van der Waals surface area contributed by atoms with E-state index in [1.165, 1.54) is 19.1 Å². The molecule has 0 fully saturated rings. The Morgan fingerprint density at radius 2 is 1.52 bits per heavy atom. The molecule has 0 aromatic heterocycles. The van der Waals surface area contributed by atoms with Gasteiger partial charge in [-0.1, -0.05) is 19.1 Å². The molecule has 0 spiro atoms. The molecular weight excluding hydrogens is 340 g/mol. The van der Waals surface area contributed by atoms with E-state index in [0.717, 1.165) is 12.1 Å². The van der Waals surface area contributed by atoms with Crippen molar-refractivity contribution < 1.29 is 25.3 Å². The van der Waals surface area contributed by atoms with E-state index >= 15 is 0 Å². The number of rotatable bonds is 7. The zero-order valence-corrected chi connectivity index (χ0v) is 13.6. The second-order valence-electron chi connectivity index (χ2n) is 4.13. The molecule has 0 saturated carbocycles. The molecule has 0 saturated heterocycles. The molecule has 1 aromatic carbocycles. The molecular formula is C10H16N2O6S3. The van der Waals surface area contributed by atoms with Gasteiger partial charge in [0.15, 0.2) is 9.84 Å². The third kappa shape index (κ3) is 5.04. The van der Waals surface area contributed by atoms with E-state index in [9.17, 15) is 25.3 Å². The molecule has 0 radical (unpaired) electrons. The van der Waals surface area contributed by atoms with E-state index in [1.54, 1.807) is 0 Å². The molecule has 0 amide bonds. The highest BCUT2D eigenvalue weighted by Crippen LogP contribution is 2.18. The van der Waals surface area contributed by atoms with Gasteiger partial charge in [-0.05, 0) is 12.1 Å². The van der Waals surface area contributed by atoms with Gasteiger partial charge in [0.05, 0.1) is 5.75 Å². The molecule has 21 heavy (non-hydrogen) atoms. The Hall–Kier alpha value is -1.01. The lowest BCUT2D eigenvalue weighted by atomic mass is 10.4. The predicted octanol–water partition coefficient (Wildman–Crippen LogP) is -0.953. The van der Waals surface area contributed by atoms with Crippen molar-refractivity contribution in [3.63, 3.8) is 0 Å². The average Bonchev–Trinajstić information content (AvgIpc) is 2.37. The number of hydrogen-bond acceptors (Lipinski definition) is 6. The van der Waals surface area contributed by atoms with Gasteiger partial charge in [0, 0.05) is 12.3 Å². The van der Waals surface area contributed by atoms with Gasteiger partial charge in [-0.2, -0.15) is 0 Å². The summed E-state index contributed by atoms with van der Waals surface area (Å²) in [7, 11) is -11.7. The van der Waals surface area contributed by atoms with Gasteiger partial charge in [0.25, 0.3) is 0 Å². The number of hydrogen-bond donors (Lipinski definition) is 2. The van der Waals surface area contributed by atoms with E-state index in [0.29, 0.717) is 0 Å². The Morgan fingerprint density at radius 3 is 2.00 bits per heavy atom. The van der Waals surface area contributed by atoms with Crippen molar-refractivity contribution in [2.75, 3.05) is 18.1 Å². The highest BCUT2D eigenvalue weighted by molar-refractivity contribution is 7.92. The smallest absolute Gasteiger partial charge is 0.229 e. The number of primary sulfonamides is 1. The number of nitrogens with one attached hydrogen (secondary N) is 1. The summed E-state index contributed by atoms with van der Waals surface area (Å²) in [6.45, 7) is 1.09. The van der Waals surface area contributed by atoms with Crippen LogP contribution in [0.4, 0.5) is 0 Å². The lowest BCUT2D eigenvalue weighted by Gasteiger charge is -2.10. The van der Waals surface area contributed by atoms with Crippen molar-refractivity contribution in [1.29, 1.82) is 0 Å². The summed E-state index contributed by atoms with van der Waals surface area (Å²) in [5.74, 6) is -0.483. The first kappa shape index (κ1) is 18.0. The van der Waals surface area contributed by atoms with Crippen LogP contribution in [0.2, 0.25) is 0 Å². The van der Waals surface area contributed by atoms with Gasteiger partial charge < -0.3 is 0 Å². The van der Waals surface area contributed by atoms with Crippen molar-refractivity contribution in [2.45, 2.75) is 16.7 Å². The molecule has 0 atom stereocenters. The molecule has 0 aliphatic heterocycles. The summed E-state index contributed by atoms with van der Waals surface area (Å²) in [5, 5.41) is 4.96. The van der Waals surface area contributed by atoms with Crippen molar-refractivity contribution in [2.24, 2.45) is 5.14 Å². The Balaban J connectivity index is 3.06. The fourth-order valence-corrected chi connectivity index (χ4v) is 4.70. The largest absolute Gasteiger partial charge is 0.241 e.